The van der Waals surface area contributed by atoms with E-state index in [0.29, 0.717) is 12.7 Å². The molecule has 0 aromatic heterocycles. The molecule has 0 saturated carbocycles. The first-order valence-electron chi connectivity index (χ1n) is 6.21. The van der Waals surface area contributed by atoms with Crippen LogP contribution in [0.2, 0.25) is 0 Å². The van der Waals surface area contributed by atoms with Crippen molar-refractivity contribution in [2.75, 3.05) is 31.3 Å². The molecule has 2 N–H and O–H groups in total. The van der Waals surface area contributed by atoms with E-state index in [9.17, 15) is 0 Å². The van der Waals surface area contributed by atoms with E-state index in [1.807, 2.05) is 6.07 Å². The summed E-state index contributed by atoms with van der Waals surface area (Å²) in [6.45, 7) is 3.33. The van der Waals surface area contributed by atoms with E-state index >= 15 is 0 Å². The van der Waals surface area contributed by atoms with Crippen molar-refractivity contribution in [1.29, 1.82) is 0 Å². The molecule has 0 amide bonds. The molecular weight excluding hydrogens is 216 g/mol. The van der Waals surface area contributed by atoms with Crippen LogP contribution in [-0.4, -0.2) is 26.4 Å². The fourth-order valence-corrected chi connectivity index (χ4v) is 2.51. The second-order valence-corrected chi connectivity index (χ2v) is 4.70. The van der Waals surface area contributed by atoms with Gasteiger partial charge in [0, 0.05) is 24.8 Å². The number of fused-ring (bicyclic) bond motifs is 1. The maximum absolute atomic E-state index is 5.71. The Bertz CT molecular complexity index is 400. The molecule has 17 heavy (non-hydrogen) atoms. The number of benzene rings is 1. The highest BCUT2D eigenvalue weighted by Gasteiger charge is 2.20. The van der Waals surface area contributed by atoms with Crippen molar-refractivity contribution in [3.63, 3.8) is 0 Å². The number of hydrogen-bond donors (Lipinski definition) is 1. The molecule has 3 rings (SSSR count). The maximum Gasteiger partial charge on any atom is 0.231 e. The summed E-state index contributed by atoms with van der Waals surface area (Å²) in [5.41, 5.74) is 6.93. The maximum atomic E-state index is 5.71. The highest BCUT2D eigenvalue weighted by molar-refractivity contribution is 5.57. The summed E-state index contributed by atoms with van der Waals surface area (Å²) in [5.74, 6) is 2.41. The summed E-state index contributed by atoms with van der Waals surface area (Å²) in [6, 6.07) is 6.17. The van der Waals surface area contributed by atoms with Crippen LogP contribution in [-0.2, 0) is 0 Å². The summed E-state index contributed by atoms with van der Waals surface area (Å²) < 4.78 is 10.7. The number of piperidine rings is 1. The predicted molar refractivity (Wildman–Crippen MR) is 66.6 cm³/mol. The van der Waals surface area contributed by atoms with Gasteiger partial charge in [-0.1, -0.05) is 0 Å². The zero-order chi connectivity index (χ0) is 11.7. The van der Waals surface area contributed by atoms with Gasteiger partial charge in [0.1, 0.15) is 0 Å². The standard InChI is InChI=1S/C13H18N2O2/c14-8-10-3-5-15(6-4-10)11-1-2-12-13(7-11)17-9-16-12/h1-2,7,10H,3-6,8-9,14H2. The third-order valence-electron chi connectivity index (χ3n) is 3.67. The number of nitrogens with zero attached hydrogens (tertiary/aromatic N) is 1. The van der Waals surface area contributed by atoms with E-state index in [1.54, 1.807) is 0 Å². The van der Waals surface area contributed by atoms with Gasteiger partial charge in [0.15, 0.2) is 11.5 Å². The van der Waals surface area contributed by atoms with Crippen LogP contribution < -0.4 is 20.1 Å². The second kappa shape index (κ2) is 4.45. The zero-order valence-corrected chi connectivity index (χ0v) is 9.89. The predicted octanol–water partition coefficient (Wildman–Crippen LogP) is 1.59. The molecule has 0 unspecified atom stereocenters. The Balaban J connectivity index is 1.72. The molecule has 0 bridgehead atoms. The van der Waals surface area contributed by atoms with Gasteiger partial charge >= 0.3 is 0 Å². The fraction of sp³-hybridized carbons (Fsp3) is 0.538. The number of anilines is 1. The van der Waals surface area contributed by atoms with E-state index in [2.05, 4.69) is 17.0 Å². The van der Waals surface area contributed by atoms with Crippen LogP contribution in [0.5, 0.6) is 11.5 Å². The summed E-state index contributed by atoms with van der Waals surface area (Å²) >= 11 is 0. The molecule has 1 saturated heterocycles. The van der Waals surface area contributed by atoms with Crippen molar-refractivity contribution >= 4 is 5.69 Å². The average Bonchev–Trinajstić information content (AvgIpc) is 2.86. The van der Waals surface area contributed by atoms with Gasteiger partial charge in [-0.25, -0.2) is 0 Å². The molecule has 1 aromatic carbocycles. The Labute approximate surface area is 101 Å². The monoisotopic (exact) mass is 234 g/mol. The van der Waals surface area contributed by atoms with Gasteiger partial charge in [0.25, 0.3) is 0 Å². The summed E-state index contributed by atoms with van der Waals surface area (Å²) in [6.07, 6.45) is 2.37. The number of nitrogens with two attached hydrogens (primary N) is 1. The van der Waals surface area contributed by atoms with Crippen LogP contribution in [0.15, 0.2) is 18.2 Å². The van der Waals surface area contributed by atoms with Gasteiger partial charge < -0.3 is 20.1 Å². The SMILES string of the molecule is NCC1CCN(c2ccc3c(c2)OCO3)CC1. The molecular formula is C13H18N2O2. The molecule has 2 heterocycles. The quantitative estimate of drug-likeness (QED) is 0.844. The first kappa shape index (κ1) is 10.7. The Morgan fingerprint density at radius 1 is 1.18 bits per heavy atom. The lowest BCUT2D eigenvalue weighted by molar-refractivity contribution is 0.174. The molecule has 0 atom stereocenters. The van der Waals surface area contributed by atoms with E-state index in [0.717, 1.165) is 31.1 Å². The molecule has 1 fully saturated rings. The molecule has 2 aliphatic heterocycles. The Hall–Kier alpha value is -1.42. The van der Waals surface area contributed by atoms with Crippen molar-refractivity contribution in [2.24, 2.45) is 11.7 Å². The van der Waals surface area contributed by atoms with E-state index in [-0.39, 0.29) is 0 Å². The van der Waals surface area contributed by atoms with Crippen molar-refractivity contribution in [3.05, 3.63) is 18.2 Å². The largest absolute Gasteiger partial charge is 0.454 e. The third-order valence-corrected chi connectivity index (χ3v) is 3.67. The Morgan fingerprint density at radius 3 is 2.71 bits per heavy atom. The average molecular weight is 234 g/mol. The van der Waals surface area contributed by atoms with Crippen LogP contribution >= 0.6 is 0 Å². The lowest BCUT2D eigenvalue weighted by Gasteiger charge is -2.33. The van der Waals surface area contributed by atoms with E-state index in [4.69, 9.17) is 15.2 Å². The van der Waals surface area contributed by atoms with Crippen LogP contribution in [0.4, 0.5) is 5.69 Å². The molecule has 0 radical (unpaired) electrons. The first-order valence-corrected chi connectivity index (χ1v) is 6.21. The van der Waals surface area contributed by atoms with Gasteiger partial charge in [0.05, 0.1) is 0 Å². The van der Waals surface area contributed by atoms with Crippen LogP contribution in [0.1, 0.15) is 12.8 Å². The fourth-order valence-electron chi connectivity index (χ4n) is 2.51. The van der Waals surface area contributed by atoms with Crippen LogP contribution in [0.25, 0.3) is 0 Å². The number of rotatable bonds is 2. The third kappa shape index (κ3) is 2.05. The van der Waals surface area contributed by atoms with Gasteiger partial charge in [-0.3, -0.25) is 0 Å². The van der Waals surface area contributed by atoms with Crippen molar-refractivity contribution in [1.82, 2.24) is 0 Å². The number of hydrogen-bond acceptors (Lipinski definition) is 4. The first-order chi connectivity index (χ1) is 8.36. The molecule has 1 aromatic rings. The minimum Gasteiger partial charge on any atom is -0.454 e. The van der Waals surface area contributed by atoms with Crippen molar-refractivity contribution in [3.8, 4) is 11.5 Å². The van der Waals surface area contributed by atoms with Gasteiger partial charge in [-0.05, 0) is 37.4 Å². The topological polar surface area (TPSA) is 47.7 Å². The molecule has 92 valence electrons. The summed E-state index contributed by atoms with van der Waals surface area (Å²) in [5, 5.41) is 0. The smallest absolute Gasteiger partial charge is 0.231 e. The molecule has 4 nitrogen and oxygen atoms in total. The van der Waals surface area contributed by atoms with Crippen LogP contribution in [0, 0.1) is 5.92 Å². The normalized spacial score (nSPS) is 19.7. The lowest BCUT2D eigenvalue weighted by Crippen LogP contribution is -2.35. The summed E-state index contributed by atoms with van der Waals surface area (Å²) in [4.78, 5) is 2.40. The Kier molecular flexibility index (Phi) is 2.81. The van der Waals surface area contributed by atoms with Crippen molar-refractivity contribution < 1.29 is 9.47 Å². The Morgan fingerprint density at radius 2 is 1.94 bits per heavy atom. The summed E-state index contributed by atoms with van der Waals surface area (Å²) in [7, 11) is 0. The molecule has 2 aliphatic rings. The lowest BCUT2D eigenvalue weighted by atomic mass is 9.97. The van der Waals surface area contributed by atoms with Crippen LogP contribution in [0.3, 0.4) is 0 Å². The molecule has 0 spiro atoms. The minimum absolute atomic E-state index is 0.341. The zero-order valence-electron chi connectivity index (χ0n) is 9.89. The minimum atomic E-state index is 0.341. The van der Waals surface area contributed by atoms with E-state index in [1.165, 1.54) is 18.5 Å². The second-order valence-electron chi connectivity index (χ2n) is 4.70. The van der Waals surface area contributed by atoms with E-state index < -0.39 is 0 Å². The van der Waals surface area contributed by atoms with Gasteiger partial charge in [-0.2, -0.15) is 0 Å². The molecule has 0 aliphatic carbocycles. The number of ether oxygens (including phenoxy) is 2. The molecule has 4 heteroatoms. The highest BCUT2D eigenvalue weighted by atomic mass is 16.7. The highest BCUT2D eigenvalue weighted by Crippen LogP contribution is 2.36. The van der Waals surface area contributed by atoms with Crippen molar-refractivity contribution in [2.45, 2.75) is 12.8 Å². The van der Waals surface area contributed by atoms with Gasteiger partial charge in [0.2, 0.25) is 6.79 Å². The van der Waals surface area contributed by atoms with Gasteiger partial charge in [-0.15, -0.1) is 0 Å².